The van der Waals surface area contributed by atoms with Crippen molar-refractivity contribution in [1.82, 2.24) is 0 Å². The summed E-state index contributed by atoms with van der Waals surface area (Å²) in [4.78, 5) is 0. The molecule has 0 fully saturated rings. The molecule has 0 saturated heterocycles. The second-order valence-electron chi connectivity index (χ2n) is 9.00. The zero-order valence-electron chi connectivity index (χ0n) is 22.3. The Morgan fingerprint density at radius 1 is 0.361 bits per heavy atom. The molecule has 0 radical (unpaired) electrons. The van der Waals surface area contributed by atoms with Crippen molar-refractivity contribution in [1.29, 1.82) is 0 Å². The van der Waals surface area contributed by atoms with E-state index in [1.54, 1.807) is 0 Å². The number of rotatable bonds is 0. The SMILES string of the molecule is C.C.CC.CC.Cc1ccc2c(c1)Cc1cc(C)ccc1-2.Cc1ccc2c(c1)Cc1cc(C)ccc1-2. The van der Waals surface area contributed by atoms with Gasteiger partial charge in [-0.05, 0) is 85.0 Å². The summed E-state index contributed by atoms with van der Waals surface area (Å²) < 4.78 is 0. The highest BCUT2D eigenvalue weighted by Gasteiger charge is 2.18. The molecule has 192 valence electrons. The van der Waals surface area contributed by atoms with Gasteiger partial charge in [0.1, 0.15) is 0 Å². The van der Waals surface area contributed by atoms with Crippen LogP contribution in [0.15, 0.2) is 72.8 Å². The topological polar surface area (TPSA) is 0 Å². The monoisotopic (exact) mass is 480 g/mol. The number of hydrogen-bond acceptors (Lipinski definition) is 0. The smallest absolute Gasteiger partial charge is 0.00133 e. The third-order valence-electron chi connectivity index (χ3n) is 6.39. The van der Waals surface area contributed by atoms with Gasteiger partial charge in [0, 0.05) is 0 Å². The van der Waals surface area contributed by atoms with Gasteiger partial charge < -0.3 is 0 Å². The van der Waals surface area contributed by atoms with E-state index >= 15 is 0 Å². The molecule has 2 aliphatic rings. The second-order valence-corrected chi connectivity index (χ2v) is 9.00. The van der Waals surface area contributed by atoms with Crippen molar-refractivity contribution < 1.29 is 0 Å². The van der Waals surface area contributed by atoms with E-state index in [9.17, 15) is 0 Å². The Morgan fingerprint density at radius 2 is 0.556 bits per heavy atom. The van der Waals surface area contributed by atoms with E-state index < -0.39 is 0 Å². The van der Waals surface area contributed by atoms with Crippen LogP contribution in [0.3, 0.4) is 0 Å². The fourth-order valence-electron chi connectivity index (χ4n) is 4.94. The van der Waals surface area contributed by atoms with Crippen LogP contribution < -0.4 is 0 Å². The lowest BCUT2D eigenvalue weighted by molar-refractivity contribution is 1.24. The first-order valence-corrected chi connectivity index (χ1v) is 12.9. The molecule has 0 spiro atoms. The molecule has 2 aliphatic carbocycles. The highest BCUT2D eigenvalue weighted by molar-refractivity contribution is 5.78. The predicted molar refractivity (Wildman–Crippen MR) is 164 cm³/mol. The standard InChI is InChI=1S/2C15H14.2C2H6.2CH4/c2*1-10-3-5-14-12(7-10)9-13-8-11(2)4-6-15(13)14;2*1-2;;/h2*3-8H,9H2,1-2H3;2*1-2H3;2*1H4. The molecule has 0 atom stereocenters. The highest BCUT2D eigenvalue weighted by Crippen LogP contribution is 2.38. The number of hydrogen-bond donors (Lipinski definition) is 0. The quantitative estimate of drug-likeness (QED) is 0.203. The molecule has 0 heterocycles. The van der Waals surface area contributed by atoms with E-state index in [0.717, 1.165) is 12.8 Å². The molecule has 0 aromatic heterocycles. The van der Waals surface area contributed by atoms with Crippen molar-refractivity contribution in [3.63, 3.8) is 0 Å². The predicted octanol–water partition coefficient (Wildman–Crippen LogP) is 11.1. The third-order valence-corrected chi connectivity index (χ3v) is 6.39. The van der Waals surface area contributed by atoms with E-state index in [1.807, 2.05) is 27.7 Å². The molecule has 0 N–H and O–H groups in total. The number of aryl methyl sites for hydroxylation is 4. The first kappa shape index (κ1) is 30.9. The minimum atomic E-state index is 0. The van der Waals surface area contributed by atoms with Crippen LogP contribution >= 0.6 is 0 Å². The summed E-state index contributed by atoms with van der Waals surface area (Å²) in [7, 11) is 0. The van der Waals surface area contributed by atoms with Gasteiger partial charge in [0.2, 0.25) is 0 Å². The number of fused-ring (bicyclic) bond motifs is 6. The number of benzene rings is 4. The highest BCUT2D eigenvalue weighted by atomic mass is 14.2. The van der Waals surface area contributed by atoms with Crippen molar-refractivity contribution in [3.05, 3.63) is 117 Å². The largest absolute Gasteiger partial charge is 0.0776 e. The van der Waals surface area contributed by atoms with Crippen molar-refractivity contribution in [3.8, 4) is 22.3 Å². The van der Waals surface area contributed by atoms with Gasteiger partial charge in [0.25, 0.3) is 0 Å². The summed E-state index contributed by atoms with van der Waals surface area (Å²) >= 11 is 0. The van der Waals surface area contributed by atoms with Gasteiger partial charge in [0.05, 0.1) is 0 Å². The third kappa shape index (κ3) is 6.55. The molecule has 4 aromatic rings. The van der Waals surface area contributed by atoms with Gasteiger partial charge in [-0.2, -0.15) is 0 Å². The summed E-state index contributed by atoms with van der Waals surface area (Å²) in [6, 6.07) is 27.1. The molecular formula is C36H48. The fourth-order valence-corrected chi connectivity index (χ4v) is 4.94. The zero-order chi connectivity index (χ0) is 24.8. The summed E-state index contributed by atoms with van der Waals surface area (Å²) in [5.41, 5.74) is 17.1. The van der Waals surface area contributed by atoms with Crippen LogP contribution in [0.4, 0.5) is 0 Å². The Hall–Kier alpha value is -3.12. The summed E-state index contributed by atoms with van der Waals surface area (Å²) in [6.45, 7) is 16.6. The van der Waals surface area contributed by atoms with Gasteiger partial charge in [-0.25, -0.2) is 0 Å². The average molecular weight is 481 g/mol. The molecule has 0 aliphatic heterocycles. The summed E-state index contributed by atoms with van der Waals surface area (Å²) in [5, 5.41) is 0. The first-order valence-electron chi connectivity index (χ1n) is 12.9. The van der Waals surface area contributed by atoms with E-state index in [-0.39, 0.29) is 14.9 Å². The Bertz CT molecular complexity index is 1070. The molecule has 0 bridgehead atoms. The molecule has 6 rings (SSSR count). The van der Waals surface area contributed by atoms with E-state index in [0.29, 0.717) is 0 Å². The molecule has 36 heavy (non-hydrogen) atoms. The van der Waals surface area contributed by atoms with Crippen LogP contribution in [0.2, 0.25) is 0 Å². The van der Waals surface area contributed by atoms with Crippen molar-refractivity contribution in [2.24, 2.45) is 0 Å². The Kier molecular flexibility index (Phi) is 11.9. The molecule has 0 amide bonds. The minimum Gasteiger partial charge on any atom is -0.0776 e. The lowest BCUT2D eigenvalue weighted by atomic mass is 10.0. The molecule has 4 aromatic carbocycles. The molecule has 0 nitrogen and oxygen atoms in total. The summed E-state index contributed by atoms with van der Waals surface area (Å²) in [6.07, 6.45) is 2.21. The van der Waals surface area contributed by atoms with Crippen LogP contribution in [-0.2, 0) is 12.8 Å². The van der Waals surface area contributed by atoms with Crippen LogP contribution in [0, 0.1) is 27.7 Å². The van der Waals surface area contributed by atoms with Crippen molar-refractivity contribution in [2.75, 3.05) is 0 Å². The van der Waals surface area contributed by atoms with Crippen molar-refractivity contribution >= 4 is 0 Å². The zero-order valence-corrected chi connectivity index (χ0v) is 22.3. The maximum atomic E-state index is 2.31. The molecular weight excluding hydrogens is 432 g/mol. The second kappa shape index (κ2) is 13.8. The van der Waals surface area contributed by atoms with E-state index in [2.05, 4.69) is 100 Å². The Morgan fingerprint density at radius 3 is 0.750 bits per heavy atom. The average Bonchev–Trinajstić information content (AvgIpc) is 3.37. The maximum absolute atomic E-state index is 2.31. The fraction of sp³-hybridized carbons (Fsp3) is 0.333. The molecule has 0 heteroatoms. The minimum absolute atomic E-state index is 0. The first-order chi connectivity index (χ1) is 16.5. The van der Waals surface area contributed by atoms with Crippen LogP contribution in [0.1, 0.15) is 87.1 Å². The van der Waals surface area contributed by atoms with Crippen LogP contribution in [-0.4, -0.2) is 0 Å². The van der Waals surface area contributed by atoms with Crippen LogP contribution in [0.25, 0.3) is 22.3 Å². The Labute approximate surface area is 222 Å². The van der Waals surface area contributed by atoms with Gasteiger partial charge >= 0.3 is 0 Å². The lowest BCUT2D eigenvalue weighted by Crippen LogP contribution is -1.81. The van der Waals surface area contributed by atoms with Gasteiger partial charge in [-0.1, -0.05) is 138 Å². The summed E-state index contributed by atoms with van der Waals surface area (Å²) in [5.74, 6) is 0. The maximum Gasteiger partial charge on any atom is -0.00133 e. The van der Waals surface area contributed by atoms with Crippen molar-refractivity contribution in [2.45, 2.75) is 83.1 Å². The van der Waals surface area contributed by atoms with Crippen LogP contribution in [0.5, 0.6) is 0 Å². The Balaban J connectivity index is 0.000000302. The van der Waals surface area contributed by atoms with Gasteiger partial charge in [-0.3, -0.25) is 0 Å². The van der Waals surface area contributed by atoms with E-state index in [1.165, 1.54) is 66.8 Å². The van der Waals surface area contributed by atoms with E-state index in [4.69, 9.17) is 0 Å². The molecule has 0 saturated carbocycles. The normalized spacial score (nSPS) is 10.7. The van der Waals surface area contributed by atoms with Gasteiger partial charge in [-0.15, -0.1) is 0 Å². The molecule has 0 unspecified atom stereocenters. The van der Waals surface area contributed by atoms with Gasteiger partial charge in [0.15, 0.2) is 0 Å². The lowest BCUT2D eigenvalue weighted by Gasteiger charge is -2.01.